The molecule has 0 aliphatic carbocycles. The lowest BCUT2D eigenvalue weighted by molar-refractivity contribution is 0.125. The first-order chi connectivity index (χ1) is 15.2. The number of rotatable bonds is 9. The molecule has 2 unspecified atom stereocenters. The normalized spacial score (nSPS) is 19.2. The van der Waals surface area contributed by atoms with Crippen LogP contribution in [-0.2, 0) is 6.42 Å². The van der Waals surface area contributed by atoms with Crippen molar-refractivity contribution in [2.75, 3.05) is 47.9 Å². The Kier molecular flexibility index (Phi) is 11.6. The molecule has 2 heterocycles. The Hall–Kier alpha value is -1.52. The number of nitrogens with one attached hydrogen (secondary N) is 2. The minimum Gasteiger partial charge on any atom is -0.493 e. The zero-order valence-electron chi connectivity index (χ0n) is 19.6. The minimum absolute atomic E-state index is 0. The summed E-state index contributed by atoms with van der Waals surface area (Å²) in [5, 5.41) is 9.21. The molecule has 0 saturated carbocycles. The second kappa shape index (κ2) is 13.9. The summed E-state index contributed by atoms with van der Waals surface area (Å²) in [7, 11) is 7.42. The van der Waals surface area contributed by atoms with Gasteiger partial charge in [0.15, 0.2) is 17.5 Å². The van der Waals surface area contributed by atoms with Crippen LogP contribution in [0.4, 0.5) is 0 Å². The van der Waals surface area contributed by atoms with Crippen molar-refractivity contribution >= 4 is 41.3 Å². The molecule has 0 radical (unpaired) electrons. The maximum absolute atomic E-state index is 5.40. The molecule has 2 atom stereocenters. The topological polar surface area (TPSA) is 58.1 Å². The number of halogens is 1. The Morgan fingerprint density at radius 1 is 1.19 bits per heavy atom. The van der Waals surface area contributed by atoms with Crippen LogP contribution in [0.3, 0.4) is 0 Å². The molecule has 3 rings (SSSR count). The van der Waals surface area contributed by atoms with Gasteiger partial charge in [-0.1, -0.05) is 12.1 Å². The van der Waals surface area contributed by atoms with E-state index in [2.05, 4.69) is 57.2 Å². The monoisotopic (exact) mass is 572 g/mol. The number of hydrogen-bond acceptors (Lipinski definition) is 5. The SMILES string of the molecule is CN=C(NCCCc1ccc(OC)c(OC)c1)NCC1CCCN(C)C1c1cccs1.I. The molecular weight excluding hydrogens is 535 g/mol. The second-order valence-corrected chi connectivity index (χ2v) is 9.00. The van der Waals surface area contributed by atoms with Gasteiger partial charge in [-0.3, -0.25) is 9.89 Å². The number of benzene rings is 1. The first-order valence-electron chi connectivity index (χ1n) is 11.0. The summed E-state index contributed by atoms with van der Waals surface area (Å²) in [6, 6.07) is 11.0. The Bertz CT molecular complexity index is 831. The van der Waals surface area contributed by atoms with E-state index in [1.165, 1.54) is 29.8 Å². The number of thiophene rings is 1. The highest BCUT2D eigenvalue weighted by Gasteiger charge is 2.31. The molecule has 1 fully saturated rings. The Morgan fingerprint density at radius 3 is 2.69 bits per heavy atom. The van der Waals surface area contributed by atoms with Gasteiger partial charge in [0.2, 0.25) is 0 Å². The number of hydrogen-bond donors (Lipinski definition) is 2. The predicted octanol–water partition coefficient (Wildman–Crippen LogP) is 4.56. The first kappa shape index (κ1) is 26.7. The van der Waals surface area contributed by atoms with Crippen molar-refractivity contribution in [1.29, 1.82) is 0 Å². The average molecular weight is 573 g/mol. The quantitative estimate of drug-likeness (QED) is 0.200. The molecule has 2 aromatic rings. The number of methoxy groups -OCH3 is 2. The van der Waals surface area contributed by atoms with Crippen molar-refractivity contribution in [3.63, 3.8) is 0 Å². The van der Waals surface area contributed by atoms with Gasteiger partial charge in [0.25, 0.3) is 0 Å². The Balaban J connectivity index is 0.00000363. The molecule has 0 bridgehead atoms. The van der Waals surface area contributed by atoms with Crippen LogP contribution in [0.2, 0.25) is 0 Å². The van der Waals surface area contributed by atoms with Crippen molar-refractivity contribution in [2.24, 2.45) is 10.9 Å². The van der Waals surface area contributed by atoms with E-state index in [1.807, 2.05) is 24.5 Å². The third kappa shape index (κ3) is 7.25. The van der Waals surface area contributed by atoms with Gasteiger partial charge in [0.1, 0.15) is 0 Å². The molecule has 1 aromatic heterocycles. The van der Waals surface area contributed by atoms with Crippen molar-refractivity contribution in [1.82, 2.24) is 15.5 Å². The summed E-state index contributed by atoms with van der Waals surface area (Å²) in [6.07, 6.45) is 4.48. The Morgan fingerprint density at radius 2 is 2.00 bits per heavy atom. The van der Waals surface area contributed by atoms with Crippen LogP contribution in [0.5, 0.6) is 11.5 Å². The smallest absolute Gasteiger partial charge is 0.190 e. The summed E-state index contributed by atoms with van der Waals surface area (Å²) in [6.45, 7) is 2.97. The van der Waals surface area contributed by atoms with E-state index in [-0.39, 0.29) is 24.0 Å². The van der Waals surface area contributed by atoms with Crippen LogP contribution >= 0.6 is 35.3 Å². The number of aryl methyl sites for hydroxylation is 1. The molecule has 1 aliphatic heterocycles. The van der Waals surface area contributed by atoms with E-state index in [1.54, 1.807) is 14.2 Å². The number of likely N-dealkylation sites (tertiary alicyclic amines) is 1. The van der Waals surface area contributed by atoms with Crippen molar-refractivity contribution < 1.29 is 9.47 Å². The van der Waals surface area contributed by atoms with Gasteiger partial charge in [-0.05, 0) is 74.3 Å². The van der Waals surface area contributed by atoms with Gasteiger partial charge in [-0.2, -0.15) is 0 Å². The van der Waals surface area contributed by atoms with E-state index in [4.69, 9.17) is 9.47 Å². The highest BCUT2D eigenvalue weighted by atomic mass is 127. The van der Waals surface area contributed by atoms with Gasteiger partial charge in [-0.15, -0.1) is 35.3 Å². The standard InChI is InChI=1S/C24H36N4O2S.HI/c1-25-24(26-13-5-8-18-11-12-20(29-3)21(16-18)30-4)27-17-19-9-6-14-28(2)23(19)22-10-7-15-31-22;/h7,10-12,15-16,19,23H,5-6,8-9,13-14,17H2,1-4H3,(H2,25,26,27);1H. The van der Waals surface area contributed by atoms with Crippen LogP contribution in [-0.4, -0.2) is 58.8 Å². The molecule has 8 heteroatoms. The molecule has 2 N–H and O–H groups in total. The van der Waals surface area contributed by atoms with Crippen LogP contribution in [0, 0.1) is 5.92 Å². The molecule has 0 amide bonds. The van der Waals surface area contributed by atoms with Crippen LogP contribution in [0.25, 0.3) is 0 Å². The highest BCUT2D eigenvalue weighted by molar-refractivity contribution is 14.0. The maximum atomic E-state index is 5.40. The van der Waals surface area contributed by atoms with Gasteiger partial charge in [0.05, 0.1) is 14.2 Å². The van der Waals surface area contributed by atoms with E-state index in [0.717, 1.165) is 43.4 Å². The van der Waals surface area contributed by atoms with E-state index >= 15 is 0 Å². The summed E-state index contributed by atoms with van der Waals surface area (Å²) in [5.74, 6) is 3.01. The first-order valence-corrected chi connectivity index (χ1v) is 11.9. The number of ether oxygens (including phenoxy) is 2. The lowest BCUT2D eigenvalue weighted by Crippen LogP contribution is -2.45. The molecule has 1 aromatic carbocycles. The van der Waals surface area contributed by atoms with E-state index in [9.17, 15) is 0 Å². The van der Waals surface area contributed by atoms with Crippen LogP contribution in [0.15, 0.2) is 40.7 Å². The van der Waals surface area contributed by atoms with Crippen molar-refractivity contribution in [3.05, 3.63) is 46.2 Å². The predicted molar refractivity (Wildman–Crippen MR) is 145 cm³/mol. The highest BCUT2D eigenvalue weighted by Crippen LogP contribution is 2.36. The fourth-order valence-electron chi connectivity index (χ4n) is 4.37. The largest absolute Gasteiger partial charge is 0.493 e. The summed E-state index contributed by atoms with van der Waals surface area (Å²) in [4.78, 5) is 8.39. The fourth-order valence-corrected chi connectivity index (χ4v) is 5.35. The molecule has 1 aliphatic rings. The summed E-state index contributed by atoms with van der Waals surface area (Å²) in [5.41, 5.74) is 1.24. The molecule has 6 nitrogen and oxygen atoms in total. The van der Waals surface area contributed by atoms with E-state index in [0.29, 0.717) is 12.0 Å². The van der Waals surface area contributed by atoms with Crippen LogP contribution in [0.1, 0.15) is 35.7 Å². The van der Waals surface area contributed by atoms with E-state index < -0.39 is 0 Å². The zero-order valence-corrected chi connectivity index (χ0v) is 22.7. The molecular formula is C24H37IN4O2S. The maximum Gasteiger partial charge on any atom is 0.190 e. The van der Waals surface area contributed by atoms with Crippen LogP contribution < -0.4 is 20.1 Å². The summed E-state index contributed by atoms with van der Waals surface area (Å²) >= 11 is 1.86. The lowest BCUT2D eigenvalue weighted by atomic mass is 9.88. The number of piperidine rings is 1. The zero-order chi connectivity index (χ0) is 22.1. The third-order valence-corrected chi connectivity index (χ3v) is 6.92. The molecule has 1 saturated heterocycles. The Labute approximate surface area is 213 Å². The van der Waals surface area contributed by atoms with Gasteiger partial charge in [0, 0.05) is 31.1 Å². The van der Waals surface area contributed by atoms with Crippen molar-refractivity contribution in [2.45, 2.75) is 31.7 Å². The fraction of sp³-hybridized carbons (Fsp3) is 0.542. The van der Waals surface area contributed by atoms with Gasteiger partial charge in [-0.25, -0.2) is 0 Å². The third-order valence-electron chi connectivity index (χ3n) is 5.98. The average Bonchev–Trinajstić information content (AvgIpc) is 3.32. The second-order valence-electron chi connectivity index (χ2n) is 8.02. The minimum atomic E-state index is 0. The van der Waals surface area contributed by atoms with Crippen molar-refractivity contribution in [3.8, 4) is 11.5 Å². The molecule has 178 valence electrons. The molecule has 0 spiro atoms. The number of aliphatic imine (C=N–C) groups is 1. The lowest BCUT2D eigenvalue weighted by Gasteiger charge is -2.39. The van der Waals surface area contributed by atoms with Gasteiger partial charge >= 0.3 is 0 Å². The van der Waals surface area contributed by atoms with Gasteiger partial charge < -0.3 is 20.1 Å². The number of nitrogens with zero attached hydrogens (tertiary/aromatic N) is 2. The number of guanidine groups is 1. The summed E-state index contributed by atoms with van der Waals surface area (Å²) < 4.78 is 10.7. The molecule has 32 heavy (non-hydrogen) atoms.